The van der Waals surface area contributed by atoms with Crippen molar-refractivity contribution in [3.8, 4) is 0 Å². The number of ketones is 4. The molecule has 0 aliphatic carbocycles. The molecule has 147 heavy (non-hydrogen) atoms. The van der Waals surface area contributed by atoms with E-state index in [1.807, 2.05) is 115 Å². The van der Waals surface area contributed by atoms with Crippen LogP contribution >= 0.6 is 132 Å². The van der Waals surface area contributed by atoms with E-state index in [2.05, 4.69) is 68.7 Å². The fourth-order valence-electron chi connectivity index (χ4n) is 21.1. The number of hydrogen-bond donors (Lipinski definition) is 0. The van der Waals surface area contributed by atoms with Crippen LogP contribution in [0, 0.1) is 6.92 Å². The van der Waals surface area contributed by atoms with Crippen molar-refractivity contribution in [1.82, 2.24) is 22.2 Å². The Morgan fingerprint density at radius 3 is 0.986 bits per heavy atom. The molecule has 4 amide bonds. The summed E-state index contributed by atoms with van der Waals surface area (Å²) in [5, 5.41) is 6.84. The van der Waals surface area contributed by atoms with E-state index in [0.717, 1.165) is 201 Å². The van der Waals surface area contributed by atoms with E-state index in [1.54, 1.807) is 79.2 Å². The van der Waals surface area contributed by atoms with E-state index < -0.39 is 64.3 Å². The Balaban J connectivity index is 0.000000134. The van der Waals surface area contributed by atoms with Crippen LogP contribution in [0.4, 0.5) is 22.7 Å². The van der Waals surface area contributed by atoms with Gasteiger partial charge in [0.15, 0.2) is 27.3 Å². The van der Waals surface area contributed by atoms with Gasteiger partial charge in [-0.25, -0.2) is 38.7 Å². The van der Waals surface area contributed by atoms with E-state index in [4.69, 9.17) is 42.1 Å². The van der Waals surface area contributed by atoms with Crippen LogP contribution in [-0.4, -0.2) is 234 Å². The zero-order valence-electron chi connectivity index (χ0n) is 81.0. The minimum Gasteiger partial charge on any atom is -0.385 e. The lowest BCUT2D eigenvalue weighted by molar-refractivity contribution is -0.123. The van der Waals surface area contributed by atoms with Gasteiger partial charge in [-0.05, 0) is 258 Å². The Morgan fingerprint density at radius 1 is 0.388 bits per heavy atom. The first-order valence-electron chi connectivity index (χ1n) is 48.4. The molecule has 43 heteroatoms. The predicted molar refractivity (Wildman–Crippen MR) is 590 cm³/mol. The molecule has 0 N–H and O–H groups in total. The van der Waals surface area contributed by atoms with Crippen LogP contribution in [0.15, 0.2) is 179 Å². The van der Waals surface area contributed by atoms with E-state index in [1.165, 1.54) is 22.7 Å². The number of halogens is 6. The number of hydrogen-bond acceptors (Lipinski definition) is 25. The van der Waals surface area contributed by atoms with Gasteiger partial charge in [-0.15, -0.1) is 45.3 Å². The molecule has 4 unspecified atom stereocenters. The summed E-state index contributed by atoms with van der Waals surface area (Å²) in [5.41, 5.74) is 11.1. The van der Waals surface area contributed by atoms with Crippen LogP contribution in [0.5, 0.6) is 0 Å². The third-order valence-corrected chi connectivity index (χ3v) is 46.5. The Kier molecular flexibility index (Phi) is 35.5. The van der Waals surface area contributed by atoms with E-state index in [0.29, 0.717) is 147 Å². The molecule has 12 heterocycles. The van der Waals surface area contributed by atoms with Crippen molar-refractivity contribution in [2.45, 2.75) is 177 Å². The molecule has 0 saturated carbocycles. The predicted octanol–water partition coefficient (Wildman–Crippen LogP) is 21.1. The highest BCUT2D eigenvalue weighted by Gasteiger charge is 2.47. The van der Waals surface area contributed by atoms with Gasteiger partial charge in [-0.2, -0.15) is 17.2 Å². The van der Waals surface area contributed by atoms with Crippen molar-refractivity contribution in [3.63, 3.8) is 0 Å². The largest absolute Gasteiger partial charge is 0.385 e. The number of thiophene rings is 3. The number of rotatable bonds is 36. The second-order valence-electron chi connectivity index (χ2n) is 36.9. The molecule has 4 atom stereocenters. The Labute approximate surface area is 913 Å². The van der Waals surface area contributed by atoms with Gasteiger partial charge in [0, 0.05) is 181 Å². The number of thiazole rings is 1. The fraction of sp³-hybridized carbons (Fsp3) is 0.394. The van der Waals surface area contributed by atoms with Crippen molar-refractivity contribution in [1.29, 1.82) is 0 Å². The first kappa shape index (κ1) is 110. The number of piperidine rings is 4. The first-order chi connectivity index (χ1) is 70.6. The normalized spacial score (nSPS) is 18.2. The SMILES string of the molecule is COCCCN1C(=O)c2cccc3c(CC(=O)C4CCCCN4S(=O)(=O)c4c(Cl)sc(Cl)c4Br)ccc1c23.COCCCN1C(=O)c2cccc3c(CC(=O)C4CCCCN4S(=O)(=O)c4cc(Br)c(Br)s4)ccc1c23.COCCCN1C(=O)c2cccc3c(CC(=O)C4CCCCN4S(=O)(=O)c4ccc(Br)s4)ccc1c23.COCCCN1C(=O)c2cccc3c(CC(=O)C4CCCCN4S(=O)(=O)c4scnc4C)ccc1c23. The minimum absolute atomic E-state index is 0.0400. The maximum absolute atomic E-state index is 13.7. The second kappa shape index (κ2) is 47.3. The van der Waals surface area contributed by atoms with E-state index in [-0.39, 0.29) is 110 Å². The topological polar surface area (TPSA) is 349 Å². The van der Waals surface area contributed by atoms with Gasteiger partial charge in [0.05, 0.1) is 70.2 Å². The quantitative estimate of drug-likeness (QED) is 0.0329. The van der Waals surface area contributed by atoms with E-state index >= 15 is 0 Å². The summed E-state index contributed by atoms with van der Waals surface area (Å²) in [7, 11) is -8.88. The Bertz CT molecular complexity index is 7660. The molecule has 8 aliphatic rings. The molecule has 8 aromatic carbocycles. The van der Waals surface area contributed by atoms with Crippen LogP contribution in [0.3, 0.4) is 0 Å². The number of aromatic nitrogens is 1. The lowest BCUT2D eigenvalue weighted by atomic mass is 9.93. The van der Waals surface area contributed by atoms with Gasteiger partial charge < -0.3 is 38.5 Å². The second-order valence-corrected chi connectivity index (χ2v) is 54.7. The number of carbonyl (C=O) groups is 8. The summed E-state index contributed by atoms with van der Waals surface area (Å²) >= 11 is 30.1. The number of nitrogens with zero attached hydrogens (tertiary/aromatic N) is 9. The van der Waals surface area contributed by atoms with Gasteiger partial charge in [-0.1, -0.05) is 122 Å². The molecule has 20 rings (SSSR count). The van der Waals surface area contributed by atoms with Gasteiger partial charge in [0.25, 0.3) is 53.7 Å². The third kappa shape index (κ3) is 22.2. The lowest BCUT2D eigenvalue weighted by Gasteiger charge is -2.33. The molecule has 0 radical (unpaired) electrons. The number of methoxy groups -OCH3 is 4. The summed E-state index contributed by atoms with van der Waals surface area (Å²) in [5.74, 6) is -0.742. The highest BCUT2D eigenvalue weighted by molar-refractivity contribution is 9.13. The van der Waals surface area contributed by atoms with Crippen molar-refractivity contribution in [2.24, 2.45) is 0 Å². The van der Waals surface area contributed by atoms with E-state index in [9.17, 15) is 72.0 Å². The van der Waals surface area contributed by atoms with Gasteiger partial charge >= 0.3 is 0 Å². The molecule has 12 aromatic rings. The summed E-state index contributed by atoms with van der Waals surface area (Å²) in [6.45, 7) is 7.34. The minimum atomic E-state index is -4.06. The number of Topliss-reactive ketones (excluding diaryl/α,β-unsaturated/α-hetero) is 4. The van der Waals surface area contributed by atoms with Gasteiger partial charge in [0.1, 0.15) is 22.0 Å². The van der Waals surface area contributed by atoms with Crippen molar-refractivity contribution in [3.05, 3.63) is 220 Å². The van der Waals surface area contributed by atoms with Crippen LogP contribution in [0.1, 0.15) is 172 Å². The van der Waals surface area contributed by atoms with Crippen LogP contribution in [0.2, 0.25) is 8.67 Å². The zero-order valence-corrected chi connectivity index (χ0v) is 95.4. The summed E-state index contributed by atoms with van der Waals surface area (Å²) in [6, 6.07) is 39.5. The maximum Gasteiger partial charge on any atom is 0.258 e. The zero-order chi connectivity index (χ0) is 104. The maximum atomic E-state index is 13.7. The molecule has 0 spiro atoms. The molecular formula is C104H107Br4Cl2N9O20S8. The number of sulfonamides is 4. The highest BCUT2D eigenvalue weighted by atomic mass is 79.9. The molecule has 29 nitrogen and oxygen atoms in total. The molecule has 4 aromatic heterocycles. The van der Waals surface area contributed by atoms with Gasteiger partial charge in [0.2, 0.25) is 10.0 Å². The van der Waals surface area contributed by atoms with Crippen LogP contribution < -0.4 is 19.6 Å². The molecule has 4 saturated heterocycles. The number of aryl methyl sites for hydroxylation is 1. The number of benzene rings is 8. The number of anilines is 4. The van der Waals surface area contributed by atoms with Crippen molar-refractivity contribution in [2.75, 3.05) is 127 Å². The highest BCUT2D eigenvalue weighted by Crippen LogP contribution is 2.50. The summed E-state index contributed by atoms with van der Waals surface area (Å²) < 4.78 is 137. The Hall–Kier alpha value is -7.93. The smallest absolute Gasteiger partial charge is 0.258 e. The number of carbonyl (C=O) groups excluding carboxylic acids is 8. The standard InChI is InChI=1S/C26H26Br2N2O5S2.C26H25BrCl2N2O5S2.C26H27BrN2O5S2.C26H29N3O5S2/c1-35-13-5-11-29-21-10-9-16(17-6-4-7-18(24(17)21)26(29)32)14-22(31)20-8-2-3-12-30(20)37(33,34)23-15-19(27)25(28)36-23;1-36-13-5-11-30-19-10-9-15(16-6-4-7-17(21(16)19)26(30)33)14-20(32)18-8-2-3-12-31(18)38(34,35)23-22(27)24(28)37-25(23)29;1-34-15-5-13-28-21-10-9-17(18-6-4-7-19(25(18)21)26(28)31)16-22(30)20-8-2-3-14-29(20)36(32,33)24-12-11-23(27)35-24;1-17-26(35-16-27-17)36(32,33)29-13-4-3-9-21(29)23(30)15-18-10-11-22-24-19(18)7-5-8-20(24)25(31)28(22)12-6-14-34-2/h4,6-7,9-10,15,20H,2-3,5,8,11-14H2,1H3;4,6-7,9-10,18H,2-3,5,8,11-14H2,1H3;4,6-7,9-12,20H,2-3,5,8,13-16H2,1H3;5,7-8,10-11,16,21H,3-4,6,9,12-15H2,1-2H3. The Morgan fingerprint density at radius 2 is 0.707 bits per heavy atom. The molecule has 0 bridgehead atoms. The average molecular weight is 2450 g/mol. The molecule has 778 valence electrons. The molecule has 4 fully saturated rings. The average Bonchev–Trinajstić information content (AvgIpc) is 1.61. The van der Waals surface area contributed by atoms with Crippen molar-refractivity contribution >= 4 is 285 Å². The first-order valence-corrected chi connectivity index (χ1v) is 61.4. The van der Waals surface area contributed by atoms with Gasteiger partial charge in [-0.3, -0.25) is 38.4 Å². The monoisotopic (exact) mass is 2440 g/mol. The van der Waals surface area contributed by atoms with Crippen molar-refractivity contribution < 1.29 is 91.0 Å². The van der Waals surface area contributed by atoms with Crippen LogP contribution in [-0.2, 0) is 104 Å². The van der Waals surface area contributed by atoms with Crippen LogP contribution in [0.25, 0.3) is 43.1 Å². The number of amides is 4. The summed E-state index contributed by atoms with van der Waals surface area (Å²) in [6.07, 6.45) is 11.2. The number of ether oxygens (including phenoxy) is 4. The lowest BCUT2D eigenvalue weighted by Crippen LogP contribution is -2.48. The fourth-order valence-corrected chi connectivity index (χ4v) is 37.7. The molecule has 8 aliphatic heterocycles. The molecular weight excluding hydrogens is 2340 g/mol. The summed E-state index contributed by atoms with van der Waals surface area (Å²) in [4.78, 5) is 118. The third-order valence-electron chi connectivity index (χ3n) is 28.0.